The van der Waals surface area contributed by atoms with Gasteiger partial charge >= 0.3 is 0 Å². The van der Waals surface area contributed by atoms with Crippen molar-refractivity contribution in [3.05, 3.63) is 46.7 Å². The van der Waals surface area contributed by atoms with Crippen LogP contribution in [0.2, 0.25) is 0 Å². The van der Waals surface area contributed by atoms with Crippen molar-refractivity contribution in [3.63, 3.8) is 0 Å². The van der Waals surface area contributed by atoms with Gasteiger partial charge in [-0.1, -0.05) is 54.1 Å². The van der Waals surface area contributed by atoms with Gasteiger partial charge in [0.15, 0.2) is 0 Å². The molecule has 1 aromatic heterocycles. The Morgan fingerprint density at radius 2 is 2.16 bits per heavy atom. The molecule has 0 saturated heterocycles. The zero-order chi connectivity index (χ0) is 13.7. The summed E-state index contributed by atoms with van der Waals surface area (Å²) in [6.07, 6.45) is 3.36. The Labute approximate surface area is 123 Å². The van der Waals surface area contributed by atoms with Crippen molar-refractivity contribution in [2.45, 2.75) is 32.7 Å². The fraction of sp³-hybridized carbons (Fsp3) is 0.375. The molecule has 3 heteroatoms. The fourth-order valence-corrected chi connectivity index (χ4v) is 2.40. The number of para-hydroxylation sites is 1. The molecule has 0 bridgehead atoms. The largest absolute Gasteiger partial charge is 0.461 e. The van der Waals surface area contributed by atoms with E-state index in [4.69, 9.17) is 4.42 Å². The number of halogens is 1. The van der Waals surface area contributed by atoms with Crippen molar-refractivity contribution in [1.82, 2.24) is 5.32 Å². The first-order valence-corrected chi connectivity index (χ1v) is 7.55. The molecule has 0 spiro atoms. The number of benzene rings is 1. The molecule has 0 fully saturated rings. The molecule has 1 aromatic carbocycles. The first-order chi connectivity index (χ1) is 9.22. The molecule has 19 heavy (non-hydrogen) atoms. The van der Waals surface area contributed by atoms with E-state index in [-0.39, 0.29) is 0 Å². The van der Waals surface area contributed by atoms with E-state index in [9.17, 15) is 0 Å². The first-order valence-electron chi connectivity index (χ1n) is 6.75. The maximum Gasteiger partial charge on any atom is 0.134 e. The number of nitrogens with one attached hydrogen (secondary N) is 1. The molecular formula is C16H20BrNO. The summed E-state index contributed by atoms with van der Waals surface area (Å²) in [6, 6.07) is 8.26. The number of aryl methyl sites for hydroxylation is 1. The summed E-state index contributed by atoms with van der Waals surface area (Å²) in [7, 11) is 0. The quantitative estimate of drug-likeness (QED) is 0.794. The lowest BCUT2D eigenvalue weighted by molar-refractivity contribution is 0.526. The van der Waals surface area contributed by atoms with Crippen molar-refractivity contribution >= 4 is 26.9 Å². The first kappa shape index (κ1) is 14.4. The van der Waals surface area contributed by atoms with Crippen molar-refractivity contribution in [1.29, 1.82) is 0 Å². The summed E-state index contributed by atoms with van der Waals surface area (Å²) >= 11 is 3.37. The number of hydrogen-bond donors (Lipinski definition) is 1. The lowest BCUT2D eigenvalue weighted by Crippen LogP contribution is -2.15. The molecule has 0 unspecified atom stereocenters. The average Bonchev–Trinajstić information content (AvgIpc) is 2.74. The molecule has 1 heterocycles. The molecule has 0 radical (unpaired) electrons. The smallest absolute Gasteiger partial charge is 0.134 e. The Bertz CT molecular complexity index is 559. The van der Waals surface area contributed by atoms with E-state index in [1.807, 2.05) is 12.1 Å². The highest BCUT2D eigenvalue weighted by Gasteiger charge is 2.12. The third-order valence-corrected chi connectivity index (χ3v) is 3.44. The minimum absolute atomic E-state index is 0.771. The molecule has 0 aliphatic rings. The van der Waals surface area contributed by atoms with Gasteiger partial charge in [0.1, 0.15) is 11.3 Å². The molecule has 0 amide bonds. The van der Waals surface area contributed by atoms with Crippen LogP contribution in [0.15, 0.2) is 39.7 Å². The van der Waals surface area contributed by atoms with Crippen molar-refractivity contribution in [2.24, 2.45) is 0 Å². The van der Waals surface area contributed by atoms with Crippen molar-refractivity contribution in [2.75, 3.05) is 6.54 Å². The number of rotatable bonds is 7. The highest BCUT2D eigenvalue weighted by molar-refractivity contribution is 9.11. The summed E-state index contributed by atoms with van der Waals surface area (Å²) in [5, 5.41) is 4.61. The maximum absolute atomic E-state index is 5.98. The fourth-order valence-electron chi connectivity index (χ4n) is 2.21. The van der Waals surface area contributed by atoms with Crippen LogP contribution in [0.1, 0.15) is 31.1 Å². The molecular weight excluding hydrogens is 302 g/mol. The van der Waals surface area contributed by atoms with E-state index < -0.39 is 0 Å². The summed E-state index contributed by atoms with van der Waals surface area (Å²) in [5.74, 6) is 1.12. The number of unbranched alkanes of at least 4 members (excludes halogenated alkanes) is 1. The SMILES string of the molecule is C=C(Br)CNCc1c(CCCC)oc2ccccc12. The van der Waals surface area contributed by atoms with E-state index in [0.717, 1.165) is 41.8 Å². The van der Waals surface area contributed by atoms with Crippen LogP contribution in [0.3, 0.4) is 0 Å². The van der Waals surface area contributed by atoms with E-state index >= 15 is 0 Å². The molecule has 0 aliphatic carbocycles. The Hall–Kier alpha value is -1.06. The monoisotopic (exact) mass is 321 g/mol. The second-order valence-corrected chi connectivity index (χ2v) is 5.85. The minimum atomic E-state index is 0.771. The molecule has 2 nitrogen and oxygen atoms in total. The van der Waals surface area contributed by atoms with Crippen LogP contribution in [0, 0.1) is 0 Å². The standard InChI is InChI=1S/C16H20BrNO/c1-3-4-8-16-14(11-18-10-12(2)17)13-7-5-6-9-15(13)19-16/h5-7,9,18H,2-4,8,10-11H2,1H3. The Morgan fingerprint density at radius 1 is 1.37 bits per heavy atom. The van der Waals surface area contributed by atoms with Crippen molar-refractivity contribution in [3.8, 4) is 0 Å². The summed E-state index contributed by atoms with van der Waals surface area (Å²) in [5.41, 5.74) is 2.28. The van der Waals surface area contributed by atoms with Crippen LogP contribution < -0.4 is 5.32 Å². The van der Waals surface area contributed by atoms with E-state index in [2.05, 4.69) is 46.9 Å². The second kappa shape index (κ2) is 6.92. The summed E-state index contributed by atoms with van der Waals surface area (Å²) in [6.45, 7) is 7.63. The van der Waals surface area contributed by atoms with E-state index in [1.54, 1.807) is 0 Å². The van der Waals surface area contributed by atoms with Gasteiger partial charge in [0.05, 0.1) is 0 Å². The molecule has 0 saturated carbocycles. The van der Waals surface area contributed by atoms with Crippen LogP contribution in [0.25, 0.3) is 11.0 Å². The van der Waals surface area contributed by atoms with Gasteiger partial charge in [-0.2, -0.15) is 0 Å². The third-order valence-electron chi connectivity index (χ3n) is 3.16. The minimum Gasteiger partial charge on any atom is -0.461 e. The zero-order valence-electron chi connectivity index (χ0n) is 11.3. The topological polar surface area (TPSA) is 25.2 Å². The van der Waals surface area contributed by atoms with Gasteiger partial charge in [-0.05, 0) is 12.5 Å². The summed E-state index contributed by atoms with van der Waals surface area (Å²) < 4.78 is 6.95. The summed E-state index contributed by atoms with van der Waals surface area (Å²) in [4.78, 5) is 0. The van der Waals surface area contributed by atoms with Gasteiger partial charge in [0.25, 0.3) is 0 Å². The predicted octanol–water partition coefficient (Wildman–Crippen LogP) is 4.77. The number of furan rings is 1. The van der Waals surface area contributed by atoms with Crippen LogP contribution in [-0.2, 0) is 13.0 Å². The number of hydrogen-bond acceptors (Lipinski definition) is 2. The molecule has 2 aromatic rings. The lowest BCUT2D eigenvalue weighted by Gasteiger charge is -2.05. The van der Waals surface area contributed by atoms with Crippen LogP contribution >= 0.6 is 15.9 Å². The molecule has 2 rings (SSSR count). The van der Waals surface area contributed by atoms with E-state index in [0.29, 0.717) is 0 Å². The van der Waals surface area contributed by atoms with E-state index in [1.165, 1.54) is 17.4 Å². The van der Waals surface area contributed by atoms with Crippen molar-refractivity contribution < 1.29 is 4.42 Å². The number of fused-ring (bicyclic) bond motifs is 1. The van der Waals surface area contributed by atoms with Gasteiger partial charge in [-0.25, -0.2) is 0 Å². The van der Waals surface area contributed by atoms with Gasteiger partial charge in [0, 0.05) is 34.9 Å². The van der Waals surface area contributed by atoms with Gasteiger partial charge in [-0.15, -0.1) is 0 Å². The zero-order valence-corrected chi connectivity index (χ0v) is 12.9. The Kier molecular flexibility index (Phi) is 5.23. The Balaban J connectivity index is 2.23. The third kappa shape index (κ3) is 3.71. The average molecular weight is 322 g/mol. The molecule has 0 atom stereocenters. The molecule has 1 N–H and O–H groups in total. The second-order valence-electron chi connectivity index (χ2n) is 4.72. The van der Waals surface area contributed by atoms with Crippen LogP contribution in [0.5, 0.6) is 0 Å². The lowest BCUT2D eigenvalue weighted by atomic mass is 10.1. The van der Waals surface area contributed by atoms with Crippen LogP contribution in [0.4, 0.5) is 0 Å². The maximum atomic E-state index is 5.98. The molecule has 0 aliphatic heterocycles. The Morgan fingerprint density at radius 3 is 2.89 bits per heavy atom. The molecule has 102 valence electrons. The highest BCUT2D eigenvalue weighted by Crippen LogP contribution is 2.27. The van der Waals surface area contributed by atoms with Gasteiger partial charge in [-0.3, -0.25) is 0 Å². The predicted molar refractivity (Wildman–Crippen MR) is 84.6 cm³/mol. The highest BCUT2D eigenvalue weighted by atomic mass is 79.9. The van der Waals surface area contributed by atoms with Gasteiger partial charge < -0.3 is 9.73 Å². The van der Waals surface area contributed by atoms with Gasteiger partial charge in [0.2, 0.25) is 0 Å². The van der Waals surface area contributed by atoms with Crippen LogP contribution in [-0.4, -0.2) is 6.54 Å². The normalized spacial score (nSPS) is 11.1.